The number of nitro benzene ring substituents is 1. The number of morpholine rings is 1. The van der Waals surface area contributed by atoms with Gasteiger partial charge < -0.3 is 9.47 Å². The van der Waals surface area contributed by atoms with Crippen molar-refractivity contribution in [2.24, 2.45) is 0 Å². The van der Waals surface area contributed by atoms with Crippen LogP contribution in [0.1, 0.15) is 0 Å². The van der Waals surface area contributed by atoms with E-state index in [4.69, 9.17) is 9.47 Å². The minimum atomic E-state index is -0.431. The normalized spacial score (nSPS) is 16.2. The fourth-order valence-electron chi connectivity index (χ4n) is 2.30. The molecule has 0 spiro atoms. The van der Waals surface area contributed by atoms with Crippen LogP contribution in [-0.2, 0) is 4.74 Å². The molecule has 8 nitrogen and oxygen atoms in total. The summed E-state index contributed by atoms with van der Waals surface area (Å²) in [5.74, 6) is 0.480. The first-order valence-electron chi connectivity index (χ1n) is 6.79. The van der Waals surface area contributed by atoms with Gasteiger partial charge in [-0.25, -0.2) is 0 Å². The van der Waals surface area contributed by atoms with E-state index in [0.717, 1.165) is 38.2 Å². The summed E-state index contributed by atoms with van der Waals surface area (Å²) in [5.41, 5.74) is 0.636. The van der Waals surface area contributed by atoms with Crippen LogP contribution in [0.2, 0.25) is 0 Å². The van der Waals surface area contributed by atoms with Gasteiger partial charge in [0, 0.05) is 31.8 Å². The predicted molar refractivity (Wildman–Crippen MR) is 75.5 cm³/mol. The summed E-state index contributed by atoms with van der Waals surface area (Å²) < 4.78 is 11.0. The fourth-order valence-corrected chi connectivity index (χ4v) is 2.30. The molecule has 0 atom stereocenters. The second kappa shape index (κ2) is 6.06. The van der Waals surface area contributed by atoms with E-state index in [2.05, 4.69) is 15.1 Å². The van der Waals surface area contributed by atoms with Crippen molar-refractivity contribution in [1.82, 2.24) is 15.1 Å². The minimum absolute atomic E-state index is 0.0333. The van der Waals surface area contributed by atoms with E-state index >= 15 is 0 Å². The van der Waals surface area contributed by atoms with Crippen LogP contribution in [0.4, 0.5) is 5.69 Å². The Morgan fingerprint density at radius 1 is 1.43 bits per heavy atom. The Hall–Kier alpha value is -2.19. The summed E-state index contributed by atoms with van der Waals surface area (Å²) >= 11 is 0. The second-order valence-electron chi connectivity index (χ2n) is 4.82. The van der Waals surface area contributed by atoms with Crippen LogP contribution in [0.3, 0.4) is 0 Å². The van der Waals surface area contributed by atoms with Gasteiger partial charge in [-0.15, -0.1) is 5.10 Å². The summed E-state index contributed by atoms with van der Waals surface area (Å²) in [6.45, 7) is 4.68. The van der Waals surface area contributed by atoms with Crippen molar-refractivity contribution in [2.75, 3.05) is 39.5 Å². The third-order valence-corrected chi connectivity index (χ3v) is 3.47. The van der Waals surface area contributed by atoms with Crippen LogP contribution in [0, 0.1) is 10.1 Å². The Labute approximate surface area is 120 Å². The van der Waals surface area contributed by atoms with Gasteiger partial charge in [0.15, 0.2) is 0 Å². The van der Waals surface area contributed by atoms with E-state index < -0.39 is 4.92 Å². The minimum Gasteiger partial charge on any atom is -0.475 e. The van der Waals surface area contributed by atoms with E-state index in [0.29, 0.717) is 18.0 Å². The number of hydrogen-bond acceptors (Lipinski definition) is 6. The molecule has 2 aromatic rings. The highest BCUT2D eigenvalue weighted by atomic mass is 16.6. The lowest BCUT2D eigenvalue weighted by molar-refractivity contribution is -0.384. The van der Waals surface area contributed by atoms with Gasteiger partial charge in [0.1, 0.15) is 6.61 Å². The maximum atomic E-state index is 10.7. The number of rotatable bonds is 5. The SMILES string of the molecule is O=[N+]([O-])c1ccc2c(OCCN3CCOCC3)n[nH]c2c1. The summed E-state index contributed by atoms with van der Waals surface area (Å²) in [6, 6.07) is 4.56. The maximum Gasteiger partial charge on any atom is 0.271 e. The van der Waals surface area contributed by atoms with Gasteiger partial charge in [0.25, 0.3) is 5.69 Å². The fraction of sp³-hybridized carbons (Fsp3) is 0.462. The average Bonchev–Trinajstić information content (AvgIpc) is 2.91. The number of nitro groups is 1. The number of aromatic amines is 1. The predicted octanol–water partition coefficient (Wildman–Crippen LogP) is 1.18. The molecule has 1 aliphatic rings. The summed E-state index contributed by atoms with van der Waals surface area (Å²) in [4.78, 5) is 12.6. The second-order valence-corrected chi connectivity index (χ2v) is 4.82. The smallest absolute Gasteiger partial charge is 0.271 e. The Kier molecular flexibility index (Phi) is 3.98. The molecule has 2 heterocycles. The Morgan fingerprint density at radius 3 is 3.00 bits per heavy atom. The van der Waals surface area contributed by atoms with Gasteiger partial charge in [-0.05, 0) is 6.07 Å². The molecule has 8 heteroatoms. The molecule has 1 aromatic carbocycles. The molecule has 1 saturated heterocycles. The number of benzene rings is 1. The number of nitrogens with zero attached hydrogens (tertiary/aromatic N) is 3. The zero-order valence-electron chi connectivity index (χ0n) is 11.4. The molecule has 0 amide bonds. The maximum absolute atomic E-state index is 10.7. The molecule has 1 aromatic heterocycles. The standard InChI is InChI=1S/C13H16N4O4/c18-17(19)10-1-2-11-12(9-10)14-15-13(11)21-8-5-16-3-6-20-7-4-16/h1-2,9H,3-8H2,(H,14,15). The van der Waals surface area contributed by atoms with Crippen molar-refractivity contribution in [1.29, 1.82) is 0 Å². The lowest BCUT2D eigenvalue weighted by Crippen LogP contribution is -2.38. The van der Waals surface area contributed by atoms with Gasteiger partial charge in [0.2, 0.25) is 5.88 Å². The number of nitrogens with one attached hydrogen (secondary N) is 1. The first-order valence-corrected chi connectivity index (χ1v) is 6.79. The summed E-state index contributed by atoms with van der Waals surface area (Å²) in [6.07, 6.45) is 0. The molecule has 0 bridgehead atoms. The van der Waals surface area contributed by atoms with Crippen LogP contribution in [0.15, 0.2) is 18.2 Å². The first kappa shape index (κ1) is 13.8. The van der Waals surface area contributed by atoms with Crippen LogP contribution in [-0.4, -0.2) is 59.5 Å². The highest BCUT2D eigenvalue weighted by Gasteiger charge is 2.13. The molecule has 0 radical (unpaired) electrons. The highest BCUT2D eigenvalue weighted by molar-refractivity contribution is 5.85. The molecule has 0 unspecified atom stereocenters. The quantitative estimate of drug-likeness (QED) is 0.657. The van der Waals surface area contributed by atoms with Crippen LogP contribution >= 0.6 is 0 Å². The first-order chi connectivity index (χ1) is 10.2. The van der Waals surface area contributed by atoms with Crippen molar-refractivity contribution in [3.05, 3.63) is 28.3 Å². The van der Waals surface area contributed by atoms with Gasteiger partial charge in [-0.3, -0.25) is 20.1 Å². The molecule has 1 N–H and O–H groups in total. The third-order valence-electron chi connectivity index (χ3n) is 3.47. The molecule has 21 heavy (non-hydrogen) atoms. The van der Waals surface area contributed by atoms with Crippen molar-refractivity contribution in [3.63, 3.8) is 0 Å². The van der Waals surface area contributed by atoms with E-state index in [1.165, 1.54) is 12.1 Å². The highest BCUT2D eigenvalue weighted by Crippen LogP contribution is 2.26. The molecular formula is C13H16N4O4. The number of ether oxygens (including phenoxy) is 2. The van der Waals surface area contributed by atoms with E-state index in [-0.39, 0.29) is 5.69 Å². The van der Waals surface area contributed by atoms with Crippen LogP contribution in [0.25, 0.3) is 10.9 Å². The zero-order chi connectivity index (χ0) is 14.7. The van der Waals surface area contributed by atoms with Gasteiger partial charge in [0.05, 0.1) is 29.0 Å². The van der Waals surface area contributed by atoms with Gasteiger partial charge >= 0.3 is 0 Å². The van der Waals surface area contributed by atoms with Gasteiger partial charge in [-0.1, -0.05) is 0 Å². The number of H-pyrrole nitrogens is 1. The van der Waals surface area contributed by atoms with E-state index in [1.54, 1.807) is 6.07 Å². The third kappa shape index (κ3) is 3.11. The van der Waals surface area contributed by atoms with Crippen LogP contribution < -0.4 is 4.74 Å². The Morgan fingerprint density at radius 2 is 2.24 bits per heavy atom. The summed E-state index contributed by atoms with van der Waals surface area (Å²) in [7, 11) is 0. The molecule has 1 aliphatic heterocycles. The van der Waals surface area contributed by atoms with Crippen molar-refractivity contribution in [3.8, 4) is 5.88 Å². The lowest BCUT2D eigenvalue weighted by Gasteiger charge is -2.26. The van der Waals surface area contributed by atoms with Crippen molar-refractivity contribution in [2.45, 2.75) is 0 Å². The van der Waals surface area contributed by atoms with E-state index in [9.17, 15) is 10.1 Å². The molecular weight excluding hydrogens is 276 g/mol. The van der Waals surface area contributed by atoms with Crippen molar-refractivity contribution < 1.29 is 14.4 Å². The Balaban J connectivity index is 1.63. The molecule has 0 aliphatic carbocycles. The number of non-ortho nitro benzene ring substituents is 1. The monoisotopic (exact) mass is 292 g/mol. The largest absolute Gasteiger partial charge is 0.475 e. The molecule has 3 rings (SSSR count). The number of hydrogen-bond donors (Lipinski definition) is 1. The number of aromatic nitrogens is 2. The van der Waals surface area contributed by atoms with Gasteiger partial charge in [-0.2, -0.15) is 0 Å². The lowest BCUT2D eigenvalue weighted by atomic mass is 10.2. The average molecular weight is 292 g/mol. The molecule has 0 saturated carbocycles. The number of fused-ring (bicyclic) bond motifs is 1. The van der Waals surface area contributed by atoms with Crippen molar-refractivity contribution >= 4 is 16.6 Å². The van der Waals surface area contributed by atoms with E-state index in [1.807, 2.05) is 0 Å². The zero-order valence-corrected chi connectivity index (χ0v) is 11.4. The van der Waals surface area contributed by atoms with Crippen LogP contribution in [0.5, 0.6) is 5.88 Å². The molecule has 1 fully saturated rings. The summed E-state index contributed by atoms with van der Waals surface area (Å²) in [5, 5.41) is 18.3. The Bertz CT molecular complexity index is 636. The topological polar surface area (TPSA) is 93.5 Å². The molecule has 112 valence electrons.